The van der Waals surface area contributed by atoms with Gasteiger partial charge in [0.25, 0.3) is 0 Å². The zero-order chi connectivity index (χ0) is 10.3. The fraction of sp³-hybridized carbons (Fsp3) is 0.250. The van der Waals surface area contributed by atoms with E-state index in [1.807, 2.05) is 0 Å². The topological polar surface area (TPSA) is 80.1 Å². The average Bonchev–Trinajstić information content (AvgIpc) is 1.99. The van der Waals surface area contributed by atoms with Crippen LogP contribution in [0.25, 0.3) is 5.78 Å². The van der Waals surface area contributed by atoms with E-state index in [0.29, 0.717) is 5.69 Å². The van der Waals surface area contributed by atoms with Crippen molar-refractivity contribution in [3.05, 3.63) is 38.4 Å². The van der Waals surface area contributed by atoms with Crippen molar-refractivity contribution >= 4 is 5.78 Å². The number of nitrogens with zero attached hydrogens (tertiary/aromatic N) is 3. The first kappa shape index (κ1) is 8.61. The van der Waals surface area contributed by atoms with Gasteiger partial charge >= 0.3 is 11.4 Å². The molecule has 0 unspecified atom stereocenters. The molecule has 72 valence electrons. The van der Waals surface area contributed by atoms with Crippen LogP contribution in [0.2, 0.25) is 0 Å². The van der Waals surface area contributed by atoms with Crippen LogP contribution in [0.4, 0.5) is 0 Å². The van der Waals surface area contributed by atoms with E-state index in [-0.39, 0.29) is 5.78 Å². The van der Waals surface area contributed by atoms with Crippen molar-refractivity contribution in [2.75, 3.05) is 0 Å². The molecule has 0 atom stereocenters. The largest absolute Gasteiger partial charge is 0.352 e. The van der Waals surface area contributed by atoms with Gasteiger partial charge in [-0.2, -0.15) is 4.98 Å². The second-order valence-electron chi connectivity index (χ2n) is 3.02. The molecule has 0 spiro atoms. The minimum absolute atomic E-state index is 0.135. The van der Waals surface area contributed by atoms with Crippen LogP contribution in [0, 0.1) is 13.8 Å². The van der Waals surface area contributed by atoms with Crippen molar-refractivity contribution in [1.29, 1.82) is 0 Å². The van der Waals surface area contributed by atoms with Crippen molar-refractivity contribution in [2.24, 2.45) is 0 Å². The van der Waals surface area contributed by atoms with Crippen LogP contribution in [-0.2, 0) is 0 Å². The molecule has 2 heterocycles. The lowest BCUT2D eigenvalue weighted by molar-refractivity contribution is 0.846. The second kappa shape index (κ2) is 2.76. The number of hydrogen-bond acceptors (Lipinski definition) is 4. The van der Waals surface area contributed by atoms with Gasteiger partial charge in [0.1, 0.15) is 0 Å². The summed E-state index contributed by atoms with van der Waals surface area (Å²) in [5.41, 5.74) is 0.235. The van der Waals surface area contributed by atoms with Crippen LogP contribution >= 0.6 is 0 Å². The molecule has 0 amide bonds. The van der Waals surface area contributed by atoms with Crippen molar-refractivity contribution in [1.82, 2.24) is 19.4 Å². The Hall–Kier alpha value is -1.98. The molecular formula is C8H8N4O2. The first-order valence-corrected chi connectivity index (χ1v) is 4.05. The molecule has 1 N–H and O–H groups in total. The minimum Gasteiger partial charge on any atom is -0.257 e. The van der Waals surface area contributed by atoms with E-state index in [1.54, 1.807) is 19.9 Å². The van der Waals surface area contributed by atoms with Gasteiger partial charge in [-0.15, -0.1) is 0 Å². The number of fused-ring (bicyclic) bond motifs is 1. The van der Waals surface area contributed by atoms with Gasteiger partial charge in [0.2, 0.25) is 5.78 Å². The normalized spacial score (nSPS) is 10.7. The first-order chi connectivity index (χ1) is 6.58. The summed E-state index contributed by atoms with van der Waals surface area (Å²) in [6.07, 6.45) is 0. The Labute approximate surface area is 78.3 Å². The molecule has 0 aromatic carbocycles. The molecule has 0 fully saturated rings. The summed E-state index contributed by atoms with van der Waals surface area (Å²) in [7, 11) is 0. The maximum atomic E-state index is 11.4. The molecule has 0 saturated heterocycles. The summed E-state index contributed by atoms with van der Waals surface area (Å²) in [5, 5.41) is 0. The highest BCUT2D eigenvalue weighted by atomic mass is 16.2. The van der Waals surface area contributed by atoms with Crippen molar-refractivity contribution < 1.29 is 0 Å². The lowest BCUT2D eigenvalue weighted by Gasteiger charge is -2.02. The van der Waals surface area contributed by atoms with Gasteiger partial charge in [0.15, 0.2) is 0 Å². The molecule has 0 aliphatic heterocycles. The van der Waals surface area contributed by atoms with Crippen LogP contribution in [-0.4, -0.2) is 19.4 Å². The number of aromatic amines is 1. The number of aryl methyl sites for hydroxylation is 2. The van der Waals surface area contributed by atoms with Gasteiger partial charge in [0.05, 0.1) is 0 Å². The van der Waals surface area contributed by atoms with Crippen molar-refractivity contribution in [3.8, 4) is 0 Å². The Balaban J connectivity index is 3.10. The molecule has 0 aliphatic rings. The number of H-pyrrole nitrogens is 1. The summed E-state index contributed by atoms with van der Waals surface area (Å²) in [5.74, 6) is 0.135. The Morgan fingerprint density at radius 1 is 1.29 bits per heavy atom. The highest BCUT2D eigenvalue weighted by Gasteiger charge is 2.03. The van der Waals surface area contributed by atoms with Gasteiger partial charge in [-0.1, -0.05) is 0 Å². The summed E-state index contributed by atoms with van der Waals surface area (Å²) in [4.78, 5) is 31.9. The third-order valence-electron chi connectivity index (χ3n) is 1.87. The summed E-state index contributed by atoms with van der Waals surface area (Å²) in [6.45, 7) is 3.53. The van der Waals surface area contributed by atoms with Crippen LogP contribution in [0.5, 0.6) is 0 Å². The highest BCUT2D eigenvalue weighted by Crippen LogP contribution is 1.99. The molecule has 6 nitrogen and oxygen atoms in total. The van der Waals surface area contributed by atoms with E-state index < -0.39 is 11.4 Å². The fourth-order valence-corrected chi connectivity index (χ4v) is 1.36. The number of hydrogen-bond donors (Lipinski definition) is 1. The molecule has 14 heavy (non-hydrogen) atoms. The van der Waals surface area contributed by atoms with Crippen molar-refractivity contribution in [3.63, 3.8) is 0 Å². The average molecular weight is 192 g/mol. The van der Waals surface area contributed by atoms with Gasteiger partial charge in [0, 0.05) is 11.4 Å². The number of rotatable bonds is 0. The number of aromatic nitrogens is 4. The first-order valence-electron chi connectivity index (χ1n) is 4.05. The predicted molar refractivity (Wildman–Crippen MR) is 49.4 cm³/mol. The monoisotopic (exact) mass is 192 g/mol. The summed E-state index contributed by atoms with van der Waals surface area (Å²) < 4.78 is 1.26. The Bertz CT molecular complexity index is 611. The molecule has 6 heteroatoms. The zero-order valence-electron chi connectivity index (χ0n) is 7.74. The van der Waals surface area contributed by atoms with E-state index in [9.17, 15) is 9.59 Å². The Morgan fingerprint density at radius 2 is 2.00 bits per heavy atom. The third-order valence-corrected chi connectivity index (χ3v) is 1.87. The SMILES string of the molecule is Cc1cc(C)n2c(=O)[nH]c(=O)nc2n1. The lowest BCUT2D eigenvalue weighted by atomic mass is 10.3. The Kier molecular flexibility index (Phi) is 1.70. The van der Waals surface area contributed by atoms with Gasteiger partial charge < -0.3 is 0 Å². The summed E-state index contributed by atoms with van der Waals surface area (Å²) in [6, 6.07) is 1.74. The van der Waals surface area contributed by atoms with Crippen LogP contribution in [0.15, 0.2) is 15.7 Å². The molecule has 2 aromatic heterocycles. The van der Waals surface area contributed by atoms with E-state index in [4.69, 9.17) is 0 Å². The minimum atomic E-state index is -0.674. The predicted octanol–water partition coefficient (Wildman–Crippen LogP) is -0.605. The van der Waals surface area contributed by atoms with E-state index >= 15 is 0 Å². The molecule has 0 radical (unpaired) electrons. The third kappa shape index (κ3) is 1.20. The van der Waals surface area contributed by atoms with E-state index in [0.717, 1.165) is 5.69 Å². The van der Waals surface area contributed by atoms with E-state index in [1.165, 1.54) is 4.40 Å². The van der Waals surface area contributed by atoms with Crippen molar-refractivity contribution in [2.45, 2.75) is 13.8 Å². The van der Waals surface area contributed by atoms with Crippen LogP contribution in [0.3, 0.4) is 0 Å². The Morgan fingerprint density at radius 3 is 2.71 bits per heavy atom. The number of nitrogens with one attached hydrogen (secondary N) is 1. The summed E-state index contributed by atoms with van der Waals surface area (Å²) >= 11 is 0. The van der Waals surface area contributed by atoms with Gasteiger partial charge in [-0.05, 0) is 19.9 Å². The van der Waals surface area contributed by atoms with Crippen LogP contribution < -0.4 is 11.4 Å². The lowest BCUT2D eigenvalue weighted by Crippen LogP contribution is -2.30. The van der Waals surface area contributed by atoms with Gasteiger partial charge in [-0.25, -0.2) is 19.0 Å². The quantitative estimate of drug-likeness (QED) is 0.604. The van der Waals surface area contributed by atoms with Crippen LogP contribution in [0.1, 0.15) is 11.4 Å². The maximum Gasteiger partial charge on any atom is 0.352 e. The fourth-order valence-electron chi connectivity index (χ4n) is 1.36. The molecular weight excluding hydrogens is 184 g/mol. The molecule has 0 saturated carbocycles. The maximum absolute atomic E-state index is 11.4. The molecule has 2 rings (SSSR count). The molecule has 0 aliphatic carbocycles. The standard InChI is InChI=1S/C8H8N4O2/c1-4-3-5(2)12-6(9-4)10-7(13)11-8(12)14/h3H,1-2H3,(H,11,13,14). The molecule has 0 bridgehead atoms. The smallest absolute Gasteiger partial charge is 0.257 e. The molecule has 2 aromatic rings. The van der Waals surface area contributed by atoms with E-state index in [2.05, 4.69) is 15.0 Å². The second-order valence-corrected chi connectivity index (χ2v) is 3.02. The highest BCUT2D eigenvalue weighted by molar-refractivity contribution is 5.29. The zero-order valence-corrected chi connectivity index (χ0v) is 7.74. The van der Waals surface area contributed by atoms with Gasteiger partial charge in [-0.3, -0.25) is 4.98 Å².